The molecule has 0 fully saturated rings. The zero-order valence-corrected chi connectivity index (χ0v) is 16.6. The summed E-state index contributed by atoms with van der Waals surface area (Å²) in [5.41, 5.74) is 2.90. The van der Waals surface area contributed by atoms with Crippen LogP contribution in [0.15, 0.2) is 60.9 Å². The van der Waals surface area contributed by atoms with E-state index in [1.165, 1.54) is 6.20 Å². The van der Waals surface area contributed by atoms with Crippen molar-refractivity contribution in [1.82, 2.24) is 10.3 Å². The van der Waals surface area contributed by atoms with Crippen molar-refractivity contribution in [1.29, 1.82) is 0 Å². The smallest absolute Gasteiger partial charge is 0.253 e. The minimum atomic E-state index is -0.221. The van der Waals surface area contributed by atoms with Crippen LogP contribution < -0.4 is 24.8 Å². The van der Waals surface area contributed by atoms with Crippen molar-refractivity contribution in [2.24, 2.45) is 0 Å². The van der Waals surface area contributed by atoms with Crippen molar-refractivity contribution in [3.63, 3.8) is 0 Å². The summed E-state index contributed by atoms with van der Waals surface area (Å²) in [5, 5.41) is 6.11. The van der Waals surface area contributed by atoms with Crippen LogP contribution in [0.5, 0.6) is 17.2 Å². The average molecular weight is 393 g/mol. The number of methoxy groups -OCH3 is 3. The quantitative estimate of drug-likeness (QED) is 0.606. The molecule has 2 aromatic carbocycles. The first-order chi connectivity index (χ1) is 14.1. The van der Waals surface area contributed by atoms with Crippen LogP contribution in [0.1, 0.15) is 15.9 Å². The van der Waals surface area contributed by atoms with Crippen molar-refractivity contribution in [3.05, 3.63) is 72.1 Å². The summed E-state index contributed by atoms with van der Waals surface area (Å²) in [6, 6.07) is 14.8. The standard InChI is InChI=1S/C22H23N3O4/c1-27-19-6-4-5-17(11-19)25-18-10-16(13-23-14-18)22(26)24-12-15-7-8-20(28-2)21(9-15)29-3/h4-11,13-14,25H,12H2,1-3H3,(H,24,26). The van der Waals surface area contributed by atoms with Gasteiger partial charge in [0.1, 0.15) is 5.75 Å². The lowest BCUT2D eigenvalue weighted by Gasteiger charge is -2.11. The Labute approximate surface area is 169 Å². The molecule has 0 aliphatic heterocycles. The maximum atomic E-state index is 12.5. The van der Waals surface area contributed by atoms with Crippen LogP contribution in [-0.2, 0) is 6.54 Å². The molecule has 7 nitrogen and oxygen atoms in total. The highest BCUT2D eigenvalue weighted by Crippen LogP contribution is 2.27. The van der Waals surface area contributed by atoms with Gasteiger partial charge in [0.05, 0.1) is 38.8 Å². The second kappa shape index (κ2) is 9.45. The van der Waals surface area contributed by atoms with Crippen LogP contribution in [-0.4, -0.2) is 32.2 Å². The predicted molar refractivity (Wildman–Crippen MR) is 111 cm³/mol. The summed E-state index contributed by atoms with van der Waals surface area (Å²) in [6.45, 7) is 0.354. The van der Waals surface area contributed by atoms with Gasteiger partial charge in [-0.2, -0.15) is 0 Å². The first-order valence-corrected chi connectivity index (χ1v) is 8.98. The first-order valence-electron chi connectivity index (χ1n) is 8.98. The normalized spacial score (nSPS) is 10.2. The molecule has 0 atom stereocenters. The Balaban J connectivity index is 1.66. The molecule has 0 unspecified atom stereocenters. The maximum Gasteiger partial charge on any atom is 0.253 e. The largest absolute Gasteiger partial charge is 0.497 e. The molecule has 0 aliphatic rings. The van der Waals surface area contributed by atoms with E-state index >= 15 is 0 Å². The number of benzene rings is 2. The van der Waals surface area contributed by atoms with Crippen molar-refractivity contribution >= 4 is 17.3 Å². The number of hydrogen-bond acceptors (Lipinski definition) is 6. The molecular formula is C22H23N3O4. The van der Waals surface area contributed by atoms with Gasteiger partial charge in [-0.25, -0.2) is 0 Å². The second-order valence-corrected chi connectivity index (χ2v) is 6.19. The zero-order valence-electron chi connectivity index (χ0n) is 16.6. The molecule has 0 radical (unpaired) electrons. The summed E-state index contributed by atoms with van der Waals surface area (Å²) in [5.74, 6) is 1.78. The number of pyridine rings is 1. The highest BCUT2D eigenvalue weighted by molar-refractivity contribution is 5.94. The number of rotatable bonds is 8. The molecule has 0 bridgehead atoms. The molecule has 3 aromatic rings. The van der Waals surface area contributed by atoms with Crippen LogP contribution in [0.25, 0.3) is 0 Å². The van der Waals surface area contributed by atoms with Gasteiger partial charge >= 0.3 is 0 Å². The van der Waals surface area contributed by atoms with Gasteiger partial charge in [-0.1, -0.05) is 12.1 Å². The van der Waals surface area contributed by atoms with Crippen molar-refractivity contribution in [2.75, 3.05) is 26.6 Å². The lowest BCUT2D eigenvalue weighted by molar-refractivity contribution is 0.0950. The van der Waals surface area contributed by atoms with E-state index in [2.05, 4.69) is 15.6 Å². The van der Waals surface area contributed by atoms with E-state index in [0.717, 1.165) is 17.0 Å². The molecule has 1 heterocycles. The Morgan fingerprint density at radius 1 is 0.897 bits per heavy atom. The van der Waals surface area contributed by atoms with Crippen molar-refractivity contribution in [2.45, 2.75) is 6.54 Å². The number of anilines is 2. The molecule has 2 N–H and O–H groups in total. The van der Waals surface area contributed by atoms with Crippen LogP contribution in [0, 0.1) is 0 Å². The highest BCUT2D eigenvalue weighted by Gasteiger charge is 2.09. The van der Waals surface area contributed by atoms with E-state index in [9.17, 15) is 4.79 Å². The van der Waals surface area contributed by atoms with Crippen LogP contribution in [0.3, 0.4) is 0 Å². The lowest BCUT2D eigenvalue weighted by atomic mass is 10.2. The second-order valence-electron chi connectivity index (χ2n) is 6.19. The molecule has 3 rings (SSSR count). The molecule has 0 saturated carbocycles. The molecule has 0 aliphatic carbocycles. The average Bonchev–Trinajstić information content (AvgIpc) is 2.77. The Hall–Kier alpha value is -3.74. The number of aromatic nitrogens is 1. The molecule has 1 aromatic heterocycles. The highest BCUT2D eigenvalue weighted by atomic mass is 16.5. The summed E-state index contributed by atoms with van der Waals surface area (Å²) >= 11 is 0. The first kappa shape index (κ1) is 20.0. The summed E-state index contributed by atoms with van der Waals surface area (Å²) in [7, 11) is 4.77. The monoisotopic (exact) mass is 393 g/mol. The van der Waals surface area contributed by atoms with Gasteiger partial charge in [-0.15, -0.1) is 0 Å². The number of carbonyl (C=O) groups excluding carboxylic acids is 1. The number of hydrogen-bond donors (Lipinski definition) is 2. The van der Waals surface area contributed by atoms with E-state index in [1.54, 1.807) is 39.7 Å². The van der Waals surface area contributed by atoms with E-state index in [0.29, 0.717) is 29.3 Å². The third kappa shape index (κ3) is 5.16. The zero-order chi connectivity index (χ0) is 20.6. The fourth-order valence-corrected chi connectivity index (χ4v) is 2.77. The van der Waals surface area contributed by atoms with Crippen LogP contribution in [0.2, 0.25) is 0 Å². The Bertz CT molecular complexity index is 991. The fourth-order valence-electron chi connectivity index (χ4n) is 2.77. The topological polar surface area (TPSA) is 81.7 Å². The fraction of sp³-hybridized carbons (Fsp3) is 0.182. The summed E-state index contributed by atoms with van der Waals surface area (Å²) in [4.78, 5) is 16.7. The Morgan fingerprint density at radius 2 is 1.72 bits per heavy atom. The van der Waals surface area contributed by atoms with E-state index < -0.39 is 0 Å². The van der Waals surface area contributed by atoms with E-state index in [-0.39, 0.29) is 5.91 Å². The number of ether oxygens (including phenoxy) is 3. The van der Waals surface area contributed by atoms with Gasteiger partial charge < -0.3 is 24.8 Å². The van der Waals surface area contributed by atoms with E-state index in [1.807, 2.05) is 36.4 Å². The van der Waals surface area contributed by atoms with Gasteiger partial charge in [0.25, 0.3) is 5.91 Å². The molecule has 1 amide bonds. The Morgan fingerprint density at radius 3 is 2.48 bits per heavy atom. The number of amides is 1. The Kier molecular flexibility index (Phi) is 6.52. The molecule has 29 heavy (non-hydrogen) atoms. The van der Waals surface area contributed by atoms with Gasteiger partial charge in [0.15, 0.2) is 11.5 Å². The third-order valence-corrected chi connectivity index (χ3v) is 4.26. The lowest BCUT2D eigenvalue weighted by Crippen LogP contribution is -2.23. The van der Waals surface area contributed by atoms with Crippen LogP contribution in [0.4, 0.5) is 11.4 Å². The minimum Gasteiger partial charge on any atom is -0.497 e. The molecule has 0 saturated heterocycles. The predicted octanol–water partition coefficient (Wildman–Crippen LogP) is 3.78. The van der Waals surface area contributed by atoms with Gasteiger partial charge in [0.2, 0.25) is 0 Å². The molecule has 150 valence electrons. The summed E-state index contributed by atoms with van der Waals surface area (Å²) < 4.78 is 15.7. The van der Waals surface area contributed by atoms with Crippen molar-refractivity contribution in [3.8, 4) is 17.2 Å². The number of carbonyl (C=O) groups is 1. The third-order valence-electron chi connectivity index (χ3n) is 4.26. The van der Waals surface area contributed by atoms with Gasteiger partial charge in [-0.05, 0) is 35.9 Å². The molecular weight excluding hydrogens is 370 g/mol. The molecule has 7 heteroatoms. The minimum absolute atomic E-state index is 0.221. The van der Waals surface area contributed by atoms with Crippen molar-refractivity contribution < 1.29 is 19.0 Å². The van der Waals surface area contributed by atoms with Gasteiger partial charge in [0, 0.05) is 24.5 Å². The number of nitrogens with one attached hydrogen (secondary N) is 2. The summed E-state index contributed by atoms with van der Waals surface area (Å²) in [6.07, 6.45) is 3.19. The van der Waals surface area contributed by atoms with E-state index in [4.69, 9.17) is 14.2 Å². The maximum absolute atomic E-state index is 12.5. The molecule has 0 spiro atoms. The number of nitrogens with zero attached hydrogens (tertiary/aromatic N) is 1. The van der Waals surface area contributed by atoms with Crippen LogP contribution >= 0.6 is 0 Å². The SMILES string of the molecule is COc1cccc(Nc2cncc(C(=O)NCc3ccc(OC)c(OC)c3)c2)c1. The van der Waals surface area contributed by atoms with Gasteiger partial charge in [-0.3, -0.25) is 9.78 Å².